The van der Waals surface area contributed by atoms with Gasteiger partial charge in [-0.1, -0.05) is 6.42 Å². The minimum absolute atomic E-state index is 0.350. The van der Waals surface area contributed by atoms with Gasteiger partial charge in [-0.15, -0.1) is 0 Å². The molecule has 1 aliphatic carbocycles. The monoisotopic (exact) mass is 223 g/mol. The van der Waals surface area contributed by atoms with Crippen LogP contribution in [-0.4, -0.2) is 21.9 Å². The minimum atomic E-state index is -1.02. The molecule has 16 heavy (non-hydrogen) atoms. The van der Waals surface area contributed by atoms with Crippen LogP contribution >= 0.6 is 0 Å². The van der Waals surface area contributed by atoms with Gasteiger partial charge in [0.15, 0.2) is 0 Å². The highest BCUT2D eigenvalue weighted by molar-refractivity contribution is 5.24. The van der Waals surface area contributed by atoms with Crippen LogP contribution in [0.1, 0.15) is 53.4 Å². The Kier molecular flexibility index (Phi) is 2.22. The zero-order valence-electron chi connectivity index (χ0n) is 10.6. The molecule has 3 nitrogen and oxygen atoms in total. The Labute approximate surface area is 97.4 Å². The lowest BCUT2D eigenvalue weighted by Gasteiger charge is -2.51. The molecule has 0 aromatic heterocycles. The first-order chi connectivity index (χ1) is 7.18. The van der Waals surface area contributed by atoms with Crippen LogP contribution in [-0.2, 0) is 4.74 Å². The fraction of sp³-hybridized carbons (Fsp3) is 0.923. The van der Waals surface area contributed by atoms with E-state index in [0.29, 0.717) is 6.42 Å². The molecule has 0 aromatic rings. The van der Waals surface area contributed by atoms with E-state index in [4.69, 9.17) is 4.74 Å². The van der Waals surface area contributed by atoms with Crippen molar-refractivity contribution in [3.8, 4) is 6.07 Å². The topological polar surface area (TPSA) is 53.2 Å². The summed E-state index contributed by atoms with van der Waals surface area (Å²) in [5, 5.41) is 20.4. The summed E-state index contributed by atoms with van der Waals surface area (Å²) in [6, 6.07) is 2.36. The molecular weight excluding hydrogens is 202 g/mol. The molecule has 2 fully saturated rings. The number of ether oxygens (including phenoxy) is 1. The number of nitrogens with zero attached hydrogens (tertiary/aromatic N) is 1. The van der Waals surface area contributed by atoms with Gasteiger partial charge in [-0.3, -0.25) is 0 Å². The Hall–Kier alpha value is -0.590. The van der Waals surface area contributed by atoms with Crippen molar-refractivity contribution in [1.82, 2.24) is 0 Å². The predicted molar refractivity (Wildman–Crippen MR) is 60.7 cm³/mol. The van der Waals surface area contributed by atoms with E-state index in [0.717, 1.165) is 19.3 Å². The maximum absolute atomic E-state index is 11.0. The van der Waals surface area contributed by atoms with Crippen LogP contribution in [0.3, 0.4) is 0 Å². The summed E-state index contributed by atoms with van der Waals surface area (Å²) < 4.78 is 5.93. The Morgan fingerprint density at radius 2 is 1.75 bits per heavy atom. The van der Waals surface area contributed by atoms with E-state index in [9.17, 15) is 10.4 Å². The summed E-state index contributed by atoms with van der Waals surface area (Å²) in [4.78, 5) is 0. The third-order valence-corrected chi connectivity index (χ3v) is 4.42. The molecule has 1 aliphatic heterocycles. The van der Waals surface area contributed by atoms with Crippen LogP contribution in [0.4, 0.5) is 0 Å². The molecule has 0 spiro atoms. The van der Waals surface area contributed by atoms with Crippen molar-refractivity contribution < 1.29 is 9.84 Å². The second-order valence-electron chi connectivity index (χ2n) is 6.46. The summed E-state index contributed by atoms with van der Waals surface area (Å²) in [6.07, 6.45) is 3.17. The average Bonchev–Trinajstić information content (AvgIpc) is 2.14. The van der Waals surface area contributed by atoms with Crippen LogP contribution in [0.5, 0.6) is 0 Å². The van der Waals surface area contributed by atoms with Gasteiger partial charge in [0.2, 0.25) is 0 Å². The van der Waals surface area contributed by atoms with E-state index in [2.05, 4.69) is 6.07 Å². The lowest BCUT2D eigenvalue weighted by atomic mass is 9.54. The predicted octanol–water partition coefficient (Wildman–Crippen LogP) is 2.39. The van der Waals surface area contributed by atoms with Gasteiger partial charge < -0.3 is 9.84 Å². The van der Waals surface area contributed by atoms with Crippen molar-refractivity contribution in [3.63, 3.8) is 0 Å². The summed E-state index contributed by atoms with van der Waals surface area (Å²) in [5.74, 6) is 0. The van der Waals surface area contributed by atoms with Crippen molar-refractivity contribution in [2.45, 2.75) is 70.2 Å². The molecule has 0 bridgehead atoms. The fourth-order valence-corrected chi connectivity index (χ4v) is 3.53. The summed E-state index contributed by atoms with van der Waals surface area (Å²) >= 11 is 0. The van der Waals surface area contributed by atoms with Crippen LogP contribution in [0.15, 0.2) is 0 Å². The van der Waals surface area contributed by atoms with Crippen LogP contribution in [0, 0.1) is 16.7 Å². The summed E-state index contributed by atoms with van der Waals surface area (Å²) in [5.41, 5.74) is -2.61. The van der Waals surface area contributed by atoms with Crippen LogP contribution in [0.2, 0.25) is 0 Å². The normalized spacial score (nSPS) is 38.8. The molecule has 1 saturated heterocycles. The second-order valence-corrected chi connectivity index (χ2v) is 6.46. The smallest absolute Gasteiger partial charge is 0.114 e. The van der Waals surface area contributed by atoms with Gasteiger partial charge in [-0.2, -0.15) is 5.26 Å². The molecule has 3 heteroatoms. The number of hydrogen-bond donors (Lipinski definition) is 1. The summed E-state index contributed by atoms with van der Waals surface area (Å²) in [7, 11) is 0. The molecule has 2 rings (SSSR count). The van der Waals surface area contributed by atoms with Crippen molar-refractivity contribution in [2.24, 2.45) is 5.41 Å². The van der Waals surface area contributed by atoms with Gasteiger partial charge in [0.05, 0.1) is 22.7 Å². The quantitative estimate of drug-likeness (QED) is 0.742. The Balaban J connectivity index is 2.42. The molecule has 1 heterocycles. The first-order valence-corrected chi connectivity index (χ1v) is 6.02. The molecule has 0 radical (unpaired) electrons. The minimum Gasteiger partial charge on any atom is -0.385 e. The first-order valence-electron chi connectivity index (χ1n) is 6.02. The fourth-order valence-electron chi connectivity index (χ4n) is 3.53. The number of hydrogen-bond acceptors (Lipinski definition) is 3. The highest BCUT2D eigenvalue weighted by Crippen LogP contribution is 2.60. The van der Waals surface area contributed by atoms with Crippen molar-refractivity contribution in [2.75, 3.05) is 0 Å². The largest absolute Gasteiger partial charge is 0.385 e. The molecule has 1 unspecified atom stereocenters. The van der Waals surface area contributed by atoms with E-state index < -0.39 is 16.6 Å². The molecule has 1 saturated carbocycles. The van der Waals surface area contributed by atoms with Crippen LogP contribution in [0.25, 0.3) is 0 Å². The lowest BCUT2D eigenvalue weighted by Crippen LogP contribution is -2.61. The highest BCUT2D eigenvalue weighted by atomic mass is 16.5. The van der Waals surface area contributed by atoms with E-state index >= 15 is 0 Å². The number of rotatable bonds is 1. The second kappa shape index (κ2) is 3.00. The Bertz CT molecular complexity index is 349. The molecule has 2 aliphatic rings. The number of nitriles is 1. The Morgan fingerprint density at radius 3 is 2.00 bits per heavy atom. The molecule has 1 atom stereocenters. The van der Waals surface area contributed by atoms with E-state index in [-0.39, 0.29) is 5.60 Å². The van der Waals surface area contributed by atoms with E-state index in [1.165, 1.54) is 0 Å². The van der Waals surface area contributed by atoms with Crippen molar-refractivity contribution in [3.05, 3.63) is 0 Å². The first kappa shape index (κ1) is 11.9. The zero-order chi connectivity index (χ0) is 12.2. The third kappa shape index (κ3) is 1.26. The van der Waals surface area contributed by atoms with Crippen molar-refractivity contribution in [1.29, 1.82) is 5.26 Å². The maximum atomic E-state index is 11.0. The summed E-state index contributed by atoms with van der Waals surface area (Å²) in [6.45, 7) is 7.77. The third-order valence-electron chi connectivity index (χ3n) is 4.42. The van der Waals surface area contributed by atoms with Gasteiger partial charge in [-0.05, 0) is 40.5 Å². The Morgan fingerprint density at radius 1 is 1.19 bits per heavy atom. The van der Waals surface area contributed by atoms with Gasteiger partial charge in [-0.25, -0.2) is 0 Å². The van der Waals surface area contributed by atoms with Gasteiger partial charge in [0, 0.05) is 6.42 Å². The molecule has 0 amide bonds. The molecule has 1 N–H and O–H groups in total. The molecule has 90 valence electrons. The standard InChI is InChI=1S/C13H21NO2/c1-10(2)8-13(15,11(3,4)16-10)12(9-14)6-5-7-12/h15H,5-8H2,1-4H3. The van der Waals surface area contributed by atoms with Gasteiger partial charge in [0.1, 0.15) is 5.60 Å². The molecule has 0 aromatic carbocycles. The number of aliphatic hydroxyl groups is 1. The highest BCUT2D eigenvalue weighted by Gasteiger charge is 2.68. The van der Waals surface area contributed by atoms with Gasteiger partial charge in [0.25, 0.3) is 0 Å². The van der Waals surface area contributed by atoms with Gasteiger partial charge >= 0.3 is 0 Å². The average molecular weight is 223 g/mol. The van der Waals surface area contributed by atoms with Crippen LogP contribution < -0.4 is 0 Å². The van der Waals surface area contributed by atoms with E-state index in [1.807, 2.05) is 27.7 Å². The van der Waals surface area contributed by atoms with E-state index in [1.54, 1.807) is 0 Å². The van der Waals surface area contributed by atoms with Crippen molar-refractivity contribution >= 4 is 0 Å². The SMILES string of the molecule is CC1(C)CC(O)(C2(C#N)CCC2)C(C)(C)O1. The lowest BCUT2D eigenvalue weighted by molar-refractivity contribution is -0.182. The maximum Gasteiger partial charge on any atom is 0.114 e. The zero-order valence-corrected chi connectivity index (χ0v) is 10.6. The molecular formula is C13H21NO2.